The molecule has 1 aliphatic carbocycles. The number of nitrogens with zero attached hydrogens (tertiary/aromatic N) is 3. The molecule has 4 rings (SSSR count). The molecule has 0 N–H and O–H groups in total. The number of hydrogen-bond donors (Lipinski definition) is 0. The smallest absolute Gasteiger partial charge is 0.256 e. The van der Waals surface area contributed by atoms with Crippen molar-refractivity contribution in [2.75, 3.05) is 20.1 Å². The molecule has 1 aromatic heterocycles. The van der Waals surface area contributed by atoms with E-state index in [2.05, 4.69) is 11.9 Å². The number of carbonyl (C=O) groups is 2. The molecular weight excluding hydrogens is 314 g/mol. The summed E-state index contributed by atoms with van der Waals surface area (Å²) in [6.45, 7) is 3.72. The zero-order valence-corrected chi connectivity index (χ0v) is 15.2. The van der Waals surface area contributed by atoms with Gasteiger partial charge in [0.1, 0.15) is 0 Å². The molecule has 1 spiro atoms. The lowest BCUT2D eigenvalue weighted by Crippen LogP contribution is -2.52. The third-order valence-electron chi connectivity index (χ3n) is 6.69. The van der Waals surface area contributed by atoms with Crippen LogP contribution in [0.1, 0.15) is 61.5 Å². The molecule has 134 valence electrons. The van der Waals surface area contributed by atoms with Gasteiger partial charge < -0.3 is 9.80 Å². The van der Waals surface area contributed by atoms with E-state index in [0.717, 1.165) is 55.9 Å². The standard InChI is InChI=1S/C20H27N3O2/c1-14-5-7-15(8-6-14)18(24)23-12-9-20(10-13-23)17-16(4-3-11-21-17)19(25)22(20)2/h3-4,11,14-15H,5-10,12-13H2,1-2H3. The molecular formula is C20H27N3O2. The maximum Gasteiger partial charge on any atom is 0.256 e. The molecule has 2 amide bonds. The van der Waals surface area contributed by atoms with Gasteiger partial charge in [0.15, 0.2) is 0 Å². The van der Waals surface area contributed by atoms with Crippen LogP contribution in [-0.4, -0.2) is 46.7 Å². The van der Waals surface area contributed by atoms with Crippen LogP contribution in [0.15, 0.2) is 18.3 Å². The Balaban J connectivity index is 1.48. The fourth-order valence-corrected chi connectivity index (χ4v) is 4.92. The van der Waals surface area contributed by atoms with E-state index < -0.39 is 0 Å². The summed E-state index contributed by atoms with van der Waals surface area (Å²) in [5, 5.41) is 0. The average Bonchev–Trinajstić information content (AvgIpc) is 2.85. The van der Waals surface area contributed by atoms with E-state index in [-0.39, 0.29) is 17.4 Å². The van der Waals surface area contributed by atoms with Crippen molar-refractivity contribution in [2.24, 2.45) is 11.8 Å². The van der Waals surface area contributed by atoms with Crippen LogP contribution in [0, 0.1) is 11.8 Å². The summed E-state index contributed by atoms with van der Waals surface area (Å²) in [6, 6.07) is 3.70. The average molecular weight is 341 g/mol. The molecule has 0 unspecified atom stereocenters. The van der Waals surface area contributed by atoms with Gasteiger partial charge in [-0.15, -0.1) is 0 Å². The number of carbonyl (C=O) groups excluding carboxylic acids is 2. The van der Waals surface area contributed by atoms with Crippen LogP contribution >= 0.6 is 0 Å². The Morgan fingerprint density at radius 1 is 1.20 bits per heavy atom. The number of fused-ring (bicyclic) bond motifs is 2. The zero-order chi connectivity index (χ0) is 17.6. The summed E-state index contributed by atoms with van der Waals surface area (Å²) in [5.74, 6) is 1.35. The Labute approximate surface area is 149 Å². The second-order valence-electron chi connectivity index (χ2n) is 8.08. The number of aromatic nitrogens is 1. The van der Waals surface area contributed by atoms with Gasteiger partial charge >= 0.3 is 0 Å². The van der Waals surface area contributed by atoms with Crippen molar-refractivity contribution in [2.45, 2.75) is 51.0 Å². The van der Waals surface area contributed by atoms with Gasteiger partial charge in [0.05, 0.1) is 16.8 Å². The minimum Gasteiger partial charge on any atom is -0.342 e. The van der Waals surface area contributed by atoms with Crippen molar-refractivity contribution in [3.8, 4) is 0 Å². The molecule has 0 bridgehead atoms. The van der Waals surface area contributed by atoms with Crippen molar-refractivity contribution in [3.05, 3.63) is 29.6 Å². The van der Waals surface area contributed by atoms with E-state index in [1.54, 1.807) is 6.20 Å². The number of piperidine rings is 1. The summed E-state index contributed by atoms with van der Waals surface area (Å²) >= 11 is 0. The zero-order valence-electron chi connectivity index (χ0n) is 15.2. The second-order valence-corrected chi connectivity index (χ2v) is 8.08. The summed E-state index contributed by atoms with van der Waals surface area (Å²) in [7, 11) is 1.88. The van der Waals surface area contributed by atoms with E-state index in [1.165, 1.54) is 12.8 Å². The summed E-state index contributed by atoms with van der Waals surface area (Å²) < 4.78 is 0. The molecule has 1 saturated heterocycles. The van der Waals surface area contributed by atoms with Crippen molar-refractivity contribution in [1.82, 2.24) is 14.8 Å². The molecule has 3 heterocycles. The lowest BCUT2D eigenvalue weighted by Gasteiger charge is -2.44. The predicted octanol–water partition coefficient (Wildman–Crippen LogP) is 2.81. The Morgan fingerprint density at radius 2 is 1.88 bits per heavy atom. The van der Waals surface area contributed by atoms with Gasteiger partial charge in [-0.1, -0.05) is 6.92 Å². The van der Waals surface area contributed by atoms with Crippen molar-refractivity contribution in [3.63, 3.8) is 0 Å². The van der Waals surface area contributed by atoms with Gasteiger partial charge in [0.2, 0.25) is 5.91 Å². The number of rotatable bonds is 1. The van der Waals surface area contributed by atoms with Gasteiger partial charge in [-0.25, -0.2) is 0 Å². The molecule has 5 nitrogen and oxygen atoms in total. The molecule has 0 radical (unpaired) electrons. The van der Waals surface area contributed by atoms with Crippen LogP contribution in [-0.2, 0) is 10.3 Å². The Morgan fingerprint density at radius 3 is 2.56 bits per heavy atom. The highest BCUT2D eigenvalue weighted by atomic mass is 16.2. The van der Waals surface area contributed by atoms with E-state index in [1.807, 2.05) is 29.0 Å². The second kappa shape index (κ2) is 6.11. The van der Waals surface area contributed by atoms with Crippen molar-refractivity contribution < 1.29 is 9.59 Å². The Hall–Kier alpha value is -1.91. The van der Waals surface area contributed by atoms with E-state index in [0.29, 0.717) is 5.91 Å². The SMILES string of the molecule is CC1CCC(C(=O)N2CCC3(CC2)c2ncccc2C(=O)N3C)CC1. The van der Waals surface area contributed by atoms with Crippen LogP contribution in [0.5, 0.6) is 0 Å². The molecule has 0 atom stereocenters. The lowest BCUT2D eigenvalue weighted by molar-refractivity contribution is -0.139. The third kappa shape index (κ3) is 2.55. The first-order chi connectivity index (χ1) is 12.0. The number of hydrogen-bond acceptors (Lipinski definition) is 3. The molecule has 2 fully saturated rings. The minimum absolute atomic E-state index is 0.0594. The predicted molar refractivity (Wildman–Crippen MR) is 94.9 cm³/mol. The van der Waals surface area contributed by atoms with Crippen LogP contribution in [0.2, 0.25) is 0 Å². The highest BCUT2D eigenvalue weighted by molar-refractivity contribution is 5.99. The molecule has 0 aromatic carbocycles. The third-order valence-corrected chi connectivity index (χ3v) is 6.69. The fourth-order valence-electron chi connectivity index (χ4n) is 4.92. The maximum absolute atomic E-state index is 12.9. The highest BCUT2D eigenvalue weighted by Crippen LogP contribution is 2.44. The van der Waals surface area contributed by atoms with Crippen LogP contribution < -0.4 is 0 Å². The summed E-state index contributed by atoms with van der Waals surface area (Å²) in [4.78, 5) is 33.9. The van der Waals surface area contributed by atoms with E-state index in [9.17, 15) is 9.59 Å². The Kier molecular flexibility index (Phi) is 4.05. The van der Waals surface area contributed by atoms with Crippen molar-refractivity contribution in [1.29, 1.82) is 0 Å². The van der Waals surface area contributed by atoms with E-state index >= 15 is 0 Å². The van der Waals surface area contributed by atoms with Gasteiger partial charge in [-0.2, -0.15) is 0 Å². The fraction of sp³-hybridized carbons (Fsp3) is 0.650. The molecule has 1 aromatic rings. The van der Waals surface area contributed by atoms with Crippen LogP contribution in [0.25, 0.3) is 0 Å². The van der Waals surface area contributed by atoms with Crippen molar-refractivity contribution >= 4 is 11.8 Å². The molecule has 3 aliphatic rings. The first-order valence-electron chi connectivity index (χ1n) is 9.55. The normalized spacial score (nSPS) is 28.3. The van der Waals surface area contributed by atoms with Crippen LogP contribution in [0.4, 0.5) is 0 Å². The van der Waals surface area contributed by atoms with Crippen LogP contribution in [0.3, 0.4) is 0 Å². The monoisotopic (exact) mass is 341 g/mol. The summed E-state index contributed by atoms with van der Waals surface area (Å²) in [5.41, 5.74) is 1.30. The quantitative estimate of drug-likeness (QED) is 0.789. The summed E-state index contributed by atoms with van der Waals surface area (Å²) in [6.07, 6.45) is 7.75. The molecule has 2 aliphatic heterocycles. The lowest BCUT2D eigenvalue weighted by atomic mass is 9.80. The van der Waals surface area contributed by atoms with Gasteiger partial charge in [0, 0.05) is 32.3 Å². The molecule has 5 heteroatoms. The largest absolute Gasteiger partial charge is 0.342 e. The van der Waals surface area contributed by atoms with Gasteiger partial charge in [-0.05, 0) is 56.6 Å². The maximum atomic E-state index is 12.9. The number of likely N-dealkylation sites (tertiary alicyclic amines) is 1. The first kappa shape index (κ1) is 16.6. The van der Waals surface area contributed by atoms with Gasteiger partial charge in [0.25, 0.3) is 5.91 Å². The highest BCUT2D eigenvalue weighted by Gasteiger charge is 2.51. The number of amides is 2. The Bertz CT molecular complexity index is 686. The molecule has 1 saturated carbocycles. The van der Waals surface area contributed by atoms with Gasteiger partial charge in [-0.3, -0.25) is 14.6 Å². The molecule has 25 heavy (non-hydrogen) atoms. The minimum atomic E-state index is -0.328. The first-order valence-corrected chi connectivity index (χ1v) is 9.55. The topological polar surface area (TPSA) is 53.5 Å². The van der Waals surface area contributed by atoms with E-state index in [4.69, 9.17) is 0 Å². The number of pyridine rings is 1.